The summed E-state index contributed by atoms with van der Waals surface area (Å²) in [5, 5.41) is 8.84. The second-order valence-corrected chi connectivity index (χ2v) is 3.29. The lowest BCUT2D eigenvalue weighted by atomic mass is 9.94. The fourth-order valence-corrected chi connectivity index (χ4v) is 1.77. The van der Waals surface area contributed by atoms with Crippen LogP contribution in [0.2, 0.25) is 0 Å². The molecule has 0 atom stereocenters. The molecule has 1 aliphatic heterocycles. The summed E-state index contributed by atoms with van der Waals surface area (Å²) in [7, 11) is 0. The van der Waals surface area contributed by atoms with Crippen LogP contribution in [0.5, 0.6) is 0 Å². The van der Waals surface area contributed by atoms with Gasteiger partial charge in [0.25, 0.3) is 0 Å². The molecule has 1 aromatic carbocycles. The molecular formula is C11H11NO. The van der Waals surface area contributed by atoms with Crippen molar-refractivity contribution in [1.29, 1.82) is 5.26 Å². The molecule has 0 N–H and O–H groups in total. The Balaban J connectivity index is 2.56. The Morgan fingerprint density at radius 1 is 1.46 bits per heavy atom. The van der Waals surface area contributed by atoms with E-state index in [2.05, 4.69) is 6.07 Å². The van der Waals surface area contributed by atoms with E-state index in [9.17, 15) is 0 Å². The number of fused-ring (bicyclic) bond motifs is 1. The second-order valence-electron chi connectivity index (χ2n) is 3.29. The van der Waals surface area contributed by atoms with Crippen LogP contribution in [0, 0.1) is 18.3 Å². The van der Waals surface area contributed by atoms with E-state index in [0.717, 1.165) is 24.2 Å². The summed E-state index contributed by atoms with van der Waals surface area (Å²) in [6.45, 7) is 3.49. The minimum absolute atomic E-state index is 0.696. The van der Waals surface area contributed by atoms with Gasteiger partial charge >= 0.3 is 0 Å². The maximum absolute atomic E-state index is 8.84. The van der Waals surface area contributed by atoms with E-state index < -0.39 is 0 Å². The van der Waals surface area contributed by atoms with Crippen LogP contribution in [0.25, 0.3) is 0 Å². The molecule has 0 saturated carbocycles. The largest absolute Gasteiger partial charge is 0.376 e. The Kier molecular flexibility index (Phi) is 2.03. The predicted molar refractivity (Wildman–Crippen MR) is 49.3 cm³/mol. The minimum atomic E-state index is 0.696. The molecule has 0 radical (unpaired) electrons. The van der Waals surface area contributed by atoms with E-state index in [0.29, 0.717) is 6.61 Å². The lowest BCUT2D eigenvalue weighted by Gasteiger charge is -2.18. The number of benzene rings is 1. The Bertz CT molecular complexity index is 376. The number of nitriles is 1. The SMILES string of the molecule is Cc1c(C#N)ccc2c1CCOC2. The molecule has 0 spiro atoms. The molecular weight excluding hydrogens is 162 g/mol. The molecule has 2 heteroatoms. The molecule has 0 aliphatic carbocycles. The molecule has 0 saturated heterocycles. The summed E-state index contributed by atoms with van der Waals surface area (Å²) < 4.78 is 5.34. The van der Waals surface area contributed by atoms with Gasteiger partial charge in [-0.05, 0) is 36.1 Å². The fraction of sp³-hybridized carbons (Fsp3) is 0.364. The summed E-state index contributed by atoms with van der Waals surface area (Å²) in [5.41, 5.74) is 4.47. The van der Waals surface area contributed by atoms with Crippen molar-refractivity contribution in [3.05, 3.63) is 34.4 Å². The third-order valence-electron chi connectivity index (χ3n) is 2.57. The Labute approximate surface area is 77.8 Å². The normalized spacial score (nSPS) is 14.8. The molecule has 1 aromatic rings. The Morgan fingerprint density at radius 3 is 3.08 bits per heavy atom. The van der Waals surface area contributed by atoms with Crippen molar-refractivity contribution in [3.63, 3.8) is 0 Å². The summed E-state index contributed by atoms with van der Waals surface area (Å²) in [6, 6.07) is 6.08. The van der Waals surface area contributed by atoms with Gasteiger partial charge in [-0.3, -0.25) is 0 Å². The highest BCUT2D eigenvalue weighted by molar-refractivity contribution is 5.46. The average molecular weight is 173 g/mol. The van der Waals surface area contributed by atoms with Gasteiger partial charge in [0.2, 0.25) is 0 Å². The molecule has 0 bridgehead atoms. The molecule has 1 heterocycles. The van der Waals surface area contributed by atoms with Crippen LogP contribution in [0.15, 0.2) is 12.1 Å². The van der Waals surface area contributed by atoms with E-state index in [1.165, 1.54) is 11.1 Å². The lowest BCUT2D eigenvalue weighted by Crippen LogP contribution is -2.11. The van der Waals surface area contributed by atoms with E-state index in [4.69, 9.17) is 10.00 Å². The van der Waals surface area contributed by atoms with E-state index in [-0.39, 0.29) is 0 Å². The van der Waals surface area contributed by atoms with Crippen molar-refractivity contribution >= 4 is 0 Å². The number of hydrogen-bond donors (Lipinski definition) is 0. The molecule has 0 amide bonds. The first-order valence-electron chi connectivity index (χ1n) is 4.42. The molecule has 0 fully saturated rings. The van der Waals surface area contributed by atoms with E-state index in [1.807, 2.05) is 19.1 Å². The van der Waals surface area contributed by atoms with Crippen molar-refractivity contribution in [2.24, 2.45) is 0 Å². The maximum atomic E-state index is 8.84. The fourth-order valence-electron chi connectivity index (χ4n) is 1.77. The van der Waals surface area contributed by atoms with Crippen molar-refractivity contribution in [1.82, 2.24) is 0 Å². The molecule has 0 unspecified atom stereocenters. The van der Waals surface area contributed by atoms with Crippen LogP contribution in [0.4, 0.5) is 0 Å². The molecule has 0 aromatic heterocycles. The first kappa shape index (κ1) is 8.28. The van der Waals surface area contributed by atoms with E-state index >= 15 is 0 Å². The molecule has 66 valence electrons. The smallest absolute Gasteiger partial charge is 0.0994 e. The van der Waals surface area contributed by atoms with Gasteiger partial charge in [0, 0.05) is 0 Å². The number of ether oxygens (including phenoxy) is 1. The molecule has 1 aliphatic rings. The number of hydrogen-bond acceptors (Lipinski definition) is 2. The van der Waals surface area contributed by atoms with Crippen LogP contribution in [0.1, 0.15) is 22.3 Å². The van der Waals surface area contributed by atoms with Crippen LogP contribution in [-0.4, -0.2) is 6.61 Å². The van der Waals surface area contributed by atoms with Gasteiger partial charge in [0.15, 0.2) is 0 Å². The van der Waals surface area contributed by atoms with Crippen molar-refractivity contribution in [2.75, 3.05) is 6.61 Å². The van der Waals surface area contributed by atoms with Crippen molar-refractivity contribution in [2.45, 2.75) is 20.0 Å². The zero-order valence-corrected chi connectivity index (χ0v) is 7.63. The first-order chi connectivity index (χ1) is 6.33. The minimum Gasteiger partial charge on any atom is -0.376 e. The first-order valence-corrected chi connectivity index (χ1v) is 4.42. The van der Waals surface area contributed by atoms with Gasteiger partial charge in [-0.15, -0.1) is 0 Å². The molecule has 2 nitrogen and oxygen atoms in total. The number of nitrogens with zero attached hydrogens (tertiary/aromatic N) is 1. The molecule has 2 rings (SSSR count). The predicted octanol–water partition coefficient (Wildman–Crippen LogP) is 1.94. The lowest BCUT2D eigenvalue weighted by molar-refractivity contribution is 0.110. The Hall–Kier alpha value is -1.33. The highest BCUT2D eigenvalue weighted by Gasteiger charge is 2.13. The van der Waals surface area contributed by atoms with Crippen LogP contribution in [-0.2, 0) is 17.8 Å². The van der Waals surface area contributed by atoms with Gasteiger partial charge in [-0.2, -0.15) is 5.26 Å². The maximum Gasteiger partial charge on any atom is 0.0994 e. The Morgan fingerprint density at radius 2 is 2.31 bits per heavy atom. The highest BCUT2D eigenvalue weighted by Crippen LogP contribution is 2.22. The third-order valence-corrected chi connectivity index (χ3v) is 2.57. The average Bonchev–Trinajstić information content (AvgIpc) is 2.19. The van der Waals surface area contributed by atoms with Crippen LogP contribution in [0.3, 0.4) is 0 Å². The topological polar surface area (TPSA) is 33.0 Å². The van der Waals surface area contributed by atoms with Crippen molar-refractivity contribution < 1.29 is 4.74 Å². The van der Waals surface area contributed by atoms with Crippen LogP contribution >= 0.6 is 0 Å². The van der Waals surface area contributed by atoms with Crippen molar-refractivity contribution in [3.8, 4) is 6.07 Å². The monoisotopic (exact) mass is 173 g/mol. The van der Waals surface area contributed by atoms with E-state index in [1.54, 1.807) is 0 Å². The third kappa shape index (κ3) is 1.32. The highest BCUT2D eigenvalue weighted by atomic mass is 16.5. The van der Waals surface area contributed by atoms with Gasteiger partial charge in [0.1, 0.15) is 0 Å². The van der Waals surface area contributed by atoms with Gasteiger partial charge in [-0.25, -0.2) is 0 Å². The number of rotatable bonds is 0. The second kappa shape index (κ2) is 3.20. The van der Waals surface area contributed by atoms with Gasteiger partial charge in [0.05, 0.1) is 24.8 Å². The summed E-state index contributed by atoms with van der Waals surface area (Å²) >= 11 is 0. The van der Waals surface area contributed by atoms with Gasteiger partial charge in [-0.1, -0.05) is 6.07 Å². The quantitative estimate of drug-likeness (QED) is 0.600. The summed E-state index contributed by atoms with van der Waals surface area (Å²) in [6.07, 6.45) is 0.941. The summed E-state index contributed by atoms with van der Waals surface area (Å²) in [4.78, 5) is 0. The van der Waals surface area contributed by atoms with Gasteiger partial charge < -0.3 is 4.74 Å². The standard InChI is InChI=1S/C11H11NO/c1-8-9(6-12)2-3-10-7-13-5-4-11(8)10/h2-3H,4-5,7H2,1H3. The molecule has 13 heavy (non-hydrogen) atoms. The zero-order chi connectivity index (χ0) is 9.26. The summed E-state index contributed by atoms with van der Waals surface area (Å²) in [5.74, 6) is 0. The van der Waals surface area contributed by atoms with Crippen LogP contribution < -0.4 is 0 Å². The zero-order valence-electron chi connectivity index (χ0n) is 7.63.